The first-order valence-corrected chi connectivity index (χ1v) is 5.91. The van der Waals surface area contributed by atoms with Gasteiger partial charge in [0.05, 0.1) is 0 Å². The first-order valence-electron chi connectivity index (χ1n) is 5.91. The highest BCUT2D eigenvalue weighted by molar-refractivity contribution is 5.55. The predicted molar refractivity (Wildman–Crippen MR) is 65.3 cm³/mol. The fourth-order valence-corrected chi connectivity index (χ4v) is 2.17. The lowest BCUT2D eigenvalue weighted by Gasteiger charge is -2.30. The highest BCUT2D eigenvalue weighted by Gasteiger charge is 2.34. The van der Waals surface area contributed by atoms with E-state index in [4.69, 9.17) is 5.73 Å². The van der Waals surface area contributed by atoms with Gasteiger partial charge in [-0.25, -0.2) is 4.39 Å². The lowest BCUT2D eigenvalue weighted by atomic mass is 10.1. The van der Waals surface area contributed by atoms with Gasteiger partial charge in [0.2, 0.25) is 0 Å². The molecular formula is C13H14F4N2. The Labute approximate surface area is 108 Å². The highest BCUT2D eigenvalue weighted by atomic mass is 19.4. The summed E-state index contributed by atoms with van der Waals surface area (Å²) in [5.74, 6) is -0.396. The fraction of sp³-hybridized carbons (Fsp3) is 0.385. The minimum atomic E-state index is -4.26. The van der Waals surface area contributed by atoms with E-state index in [1.807, 2.05) is 0 Å². The molecule has 0 fully saturated rings. The van der Waals surface area contributed by atoms with Crippen LogP contribution in [0.5, 0.6) is 0 Å². The lowest BCUT2D eigenvalue weighted by molar-refractivity contribution is -0.0943. The van der Waals surface area contributed by atoms with Gasteiger partial charge in [-0.2, -0.15) is 13.2 Å². The third-order valence-electron chi connectivity index (χ3n) is 3.18. The average Bonchev–Trinajstić information content (AvgIpc) is 2.37. The zero-order chi connectivity index (χ0) is 14.0. The van der Waals surface area contributed by atoms with Gasteiger partial charge in [0.15, 0.2) is 0 Å². The van der Waals surface area contributed by atoms with Crippen molar-refractivity contribution in [1.82, 2.24) is 0 Å². The van der Waals surface area contributed by atoms with Gasteiger partial charge in [-0.15, -0.1) is 0 Å². The molecule has 1 aromatic carbocycles. The Kier molecular flexibility index (Phi) is 3.80. The molecule has 0 aliphatic carbocycles. The minimum absolute atomic E-state index is 0.0646. The van der Waals surface area contributed by atoms with Crippen LogP contribution in [0.25, 0.3) is 0 Å². The summed E-state index contributed by atoms with van der Waals surface area (Å²) in [7, 11) is 0. The lowest BCUT2D eigenvalue weighted by Crippen LogP contribution is -2.32. The van der Waals surface area contributed by atoms with Crippen LogP contribution in [0, 0.1) is 5.82 Å². The quantitative estimate of drug-likeness (QED) is 0.663. The molecule has 1 aliphatic heterocycles. The van der Waals surface area contributed by atoms with Crippen molar-refractivity contribution < 1.29 is 17.6 Å². The van der Waals surface area contributed by atoms with Crippen molar-refractivity contribution in [3.05, 3.63) is 41.2 Å². The Morgan fingerprint density at radius 3 is 2.53 bits per heavy atom. The van der Waals surface area contributed by atoms with E-state index in [0.29, 0.717) is 11.3 Å². The molecule has 0 radical (unpaired) electrons. The molecule has 0 saturated carbocycles. The summed E-state index contributed by atoms with van der Waals surface area (Å²) in [6.45, 7) is 0.566. The Morgan fingerprint density at radius 2 is 2.00 bits per heavy atom. The van der Waals surface area contributed by atoms with E-state index < -0.39 is 17.6 Å². The Morgan fingerprint density at radius 1 is 1.26 bits per heavy atom. The Balaban J connectivity index is 2.20. The molecule has 2 rings (SSSR count). The van der Waals surface area contributed by atoms with E-state index in [9.17, 15) is 17.6 Å². The molecule has 0 atom stereocenters. The second-order valence-electron chi connectivity index (χ2n) is 4.40. The van der Waals surface area contributed by atoms with Crippen LogP contribution >= 0.6 is 0 Å². The second-order valence-corrected chi connectivity index (χ2v) is 4.40. The topological polar surface area (TPSA) is 29.3 Å². The zero-order valence-electron chi connectivity index (χ0n) is 10.2. The van der Waals surface area contributed by atoms with Crippen molar-refractivity contribution in [1.29, 1.82) is 0 Å². The van der Waals surface area contributed by atoms with Crippen LogP contribution in [0.4, 0.5) is 23.2 Å². The molecule has 1 heterocycles. The molecule has 104 valence electrons. The minimum Gasteiger partial charge on any atom is -0.367 e. The first kappa shape index (κ1) is 13.9. The summed E-state index contributed by atoms with van der Waals surface area (Å²) in [5, 5.41) is 0. The van der Waals surface area contributed by atoms with E-state index in [1.54, 1.807) is 11.0 Å². The van der Waals surface area contributed by atoms with Crippen molar-refractivity contribution >= 4 is 5.69 Å². The SMILES string of the molecule is NCc1cc(F)ccc1N1CC=C(C(F)(F)F)CC1. The molecule has 0 saturated heterocycles. The normalized spacial score (nSPS) is 16.5. The third-order valence-corrected chi connectivity index (χ3v) is 3.18. The average molecular weight is 274 g/mol. The number of rotatable bonds is 2. The number of halogens is 4. The summed E-state index contributed by atoms with van der Waals surface area (Å²) in [6.07, 6.45) is -3.15. The predicted octanol–water partition coefficient (Wildman–Crippen LogP) is 2.98. The van der Waals surface area contributed by atoms with Crippen LogP contribution in [0.2, 0.25) is 0 Å². The standard InChI is InChI=1S/C13H14F4N2/c14-11-1-2-12(9(7-11)8-18)19-5-3-10(4-6-19)13(15,16)17/h1-3,7H,4-6,8,18H2. The molecule has 0 bridgehead atoms. The highest BCUT2D eigenvalue weighted by Crippen LogP contribution is 2.32. The van der Waals surface area contributed by atoms with Gasteiger partial charge >= 0.3 is 6.18 Å². The molecule has 0 amide bonds. The van der Waals surface area contributed by atoms with Crippen molar-refractivity contribution in [3.63, 3.8) is 0 Å². The maximum Gasteiger partial charge on any atom is 0.412 e. The molecular weight excluding hydrogens is 260 g/mol. The van der Waals surface area contributed by atoms with Crippen LogP contribution in [-0.4, -0.2) is 19.3 Å². The molecule has 1 aromatic rings. The summed E-state index contributed by atoms with van der Waals surface area (Å²) in [6, 6.07) is 4.17. The van der Waals surface area contributed by atoms with Gasteiger partial charge in [0.1, 0.15) is 5.82 Å². The van der Waals surface area contributed by atoms with Gasteiger partial charge in [0, 0.05) is 30.9 Å². The maximum atomic E-state index is 13.1. The summed E-state index contributed by atoms with van der Waals surface area (Å²) in [4.78, 5) is 1.77. The van der Waals surface area contributed by atoms with E-state index in [2.05, 4.69) is 0 Å². The zero-order valence-corrected chi connectivity index (χ0v) is 10.2. The molecule has 6 heteroatoms. The van der Waals surface area contributed by atoms with Crippen LogP contribution < -0.4 is 10.6 Å². The molecule has 0 unspecified atom stereocenters. The number of hydrogen-bond donors (Lipinski definition) is 1. The number of anilines is 1. The number of alkyl halides is 3. The number of benzene rings is 1. The van der Waals surface area contributed by atoms with Crippen molar-refractivity contribution in [2.24, 2.45) is 5.73 Å². The molecule has 2 N–H and O–H groups in total. The molecule has 0 aromatic heterocycles. The van der Waals surface area contributed by atoms with Gasteiger partial charge < -0.3 is 10.6 Å². The second kappa shape index (κ2) is 5.21. The molecule has 0 spiro atoms. The summed E-state index contributed by atoms with van der Waals surface area (Å²) >= 11 is 0. The fourth-order valence-electron chi connectivity index (χ4n) is 2.17. The van der Waals surface area contributed by atoms with Gasteiger partial charge in [-0.1, -0.05) is 6.08 Å². The summed E-state index contributed by atoms with van der Waals surface area (Å²) < 4.78 is 50.6. The van der Waals surface area contributed by atoms with E-state index in [1.165, 1.54) is 18.2 Å². The number of hydrogen-bond acceptors (Lipinski definition) is 2. The number of nitrogens with two attached hydrogens (primary N) is 1. The summed E-state index contributed by atoms with van der Waals surface area (Å²) in [5.41, 5.74) is 6.33. The Hall–Kier alpha value is -1.56. The molecule has 19 heavy (non-hydrogen) atoms. The Bertz CT molecular complexity index is 494. The first-order chi connectivity index (χ1) is 8.91. The van der Waals surface area contributed by atoms with E-state index in [0.717, 1.165) is 0 Å². The van der Waals surface area contributed by atoms with E-state index in [-0.39, 0.29) is 26.1 Å². The smallest absolute Gasteiger partial charge is 0.367 e. The van der Waals surface area contributed by atoms with Crippen LogP contribution in [0.15, 0.2) is 29.8 Å². The number of nitrogens with zero attached hydrogens (tertiary/aromatic N) is 1. The van der Waals surface area contributed by atoms with Gasteiger partial charge in [0.25, 0.3) is 0 Å². The largest absolute Gasteiger partial charge is 0.412 e. The van der Waals surface area contributed by atoms with Crippen molar-refractivity contribution in [2.45, 2.75) is 19.1 Å². The molecule has 2 nitrogen and oxygen atoms in total. The van der Waals surface area contributed by atoms with Gasteiger partial charge in [-0.05, 0) is 30.2 Å². The molecule has 1 aliphatic rings. The van der Waals surface area contributed by atoms with Gasteiger partial charge in [-0.3, -0.25) is 0 Å². The maximum absolute atomic E-state index is 13.1. The van der Waals surface area contributed by atoms with Crippen molar-refractivity contribution in [2.75, 3.05) is 18.0 Å². The monoisotopic (exact) mass is 274 g/mol. The van der Waals surface area contributed by atoms with Crippen molar-refractivity contribution in [3.8, 4) is 0 Å². The van der Waals surface area contributed by atoms with E-state index >= 15 is 0 Å². The van der Waals surface area contributed by atoms with Crippen LogP contribution in [0.1, 0.15) is 12.0 Å². The van der Waals surface area contributed by atoms with Crippen LogP contribution in [-0.2, 0) is 6.54 Å². The third kappa shape index (κ3) is 3.07. The van der Waals surface area contributed by atoms with Crippen LogP contribution in [0.3, 0.4) is 0 Å².